The molecule has 0 spiro atoms. The number of thioether (sulfide) groups is 1. The molecule has 4 rings (SSSR count). The number of halogens is 3. The number of ether oxygens (including phenoxy) is 1. The molecule has 3 N–H and O–H groups in total. The summed E-state index contributed by atoms with van der Waals surface area (Å²) in [6.07, 6.45) is 3.54. The second kappa shape index (κ2) is 8.37. The maximum atomic E-state index is 14.9. The summed E-state index contributed by atoms with van der Waals surface area (Å²) in [5.41, 5.74) is 5.89. The van der Waals surface area contributed by atoms with E-state index in [9.17, 15) is 18.0 Å². The zero-order valence-electron chi connectivity index (χ0n) is 16.5. The number of anilines is 1. The summed E-state index contributed by atoms with van der Waals surface area (Å²) in [5, 5.41) is 3.07. The molecule has 1 aliphatic carbocycles. The van der Waals surface area contributed by atoms with Crippen LogP contribution in [-0.4, -0.2) is 33.4 Å². The maximum absolute atomic E-state index is 14.9. The lowest BCUT2D eigenvalue weighted by Crippen LogP contribution is -2.37. The second-order valence-electron chi connectivity index (χ2n) is 7.69. The zero-order valence-corrected chi connectivity index (χ0v) is 17.3. The number of nitrogens with two attached hydrogens (primary N) is 1. The summed E-state index contributed by atoms with van der Waals surface area (Å²) in [6, 6.07) is 4.30. The first-order valence-corrected chi connectivity index (χ1v) is 10.6. The molecule has 3 atom stereocenters. The van der Waals surface area contributed by atoms with Gasteiger partial charge in [0.05, 0.1) is 17.9 Å². The number of rotatable bonds is 5. The molecule has 0 saturated heterocycles. The molecule has 0 bridgehead atoms. The topological polar surface area (TPSA) is 102 Å². The number of alkyl halides is 2. The molecule has 1 fully saturated rings. The fraction of sp³-hybridized carbons (Fsp3) is 0.400. The SMILES string of the molecule is C[C@@H]1C[C@H]2CSC(N)=N[C@@]2(c2cc(NC(=O)c3cnc(OC(F)F)cn3)ccc2F)C1. The van der Waals surface area contributed by atoms with Gasteiger partial charge >= 0.3 is 6.61 Å². The minimum absolute atomic E-state index is 0.102. The van der Waals surface area contributed by atoms with E-state index in [1.165, 1.54) is 23.9 Å². The quantitative estimate of drug-likeness (QED) is 0.718. The maximum Gasteiger partial charge on any atom is 0.388 e. The molecule has 1 amide bonds. The number of amidine groups is 1. The number of amides is 1. The highest BCUT2D eigenvalue weighted by atomic mass is 32.2. The molecular weight excluding hydrogens is 431 g/mol. The third-order valence-electron chi connectivity index (χ3n) is 5.53. The lowest BCUT2D eigenvalue weighted by molar-refractivity contribution is -0.0531. The van der Waals surface area contributed by atoms with Gasteiger partial charge in [-0.2, -0.15) is 8.78 Å². The number of fused-ring (bicyclic) bond motifs is 1. The normalized spacial score (nSPS) is 25.1. The van der Waals surface area contributed by atoms with Gasteiger partial charge in [0.25, 0.3) is 5.91 Å². The second-order valence-corrected chi connectivity index (χ2v) is 8.73. The number of carbonyl (C=O) groups excluding carboxylic acids is 1. The summed E-state index contributed by atoms with van der Waals surface area (Å²) in [6.45, 7) is -0.928. The molecule has 1 aliphatic heterocycles. The van der Waals surface area contributed by atoms with Crippen LogP contribution in [0.4, 0.5) is 18.9 Å². The van der Waals surface area contributed by atoms with Crippen molar-refractivity contribution in [2.24, 2.45) is 22.6 Å². The minimum Gasteiger partial charge on any atom is -0.415 e. The van der Waals surface area contributed by atoms with Crippen LogP contribution < -0.4 is 15.8 Å². The summed E-state index contributed by atoms with van der Waals surface area (Å²) in [4.78, 5) is 24.6. The Kier molecular flexibility index (Phi) is 5.78. The molecule has 2 aliphatic rings. The Hall–Kier alpha value is -2.82. The van der Waals surface area contributed by atoms with Crippen molar-refractivity contribution in [2.75, 3.05) is 11.1 Å². The van der Waals surface area contributed by atoms with Crippen molar-refractivity contribution in [3.8, 4) is 5.88 Å². The van der Waals surface area contributed by atoms with E-state index in [1.807, 2.05) is 0 Å². The molecule has 1 saturated carbocycles. The summed E-state index contributed by atoms with van der Waals surface area (Å²) in [7, 11) is 0. The van der Waals surface area contributed by atoms with Crippen LogP contribution in [0.25, 0.3) is 0 Å². The van der Waals surface area contributed by atoms with Gasteiger partial charge in [-0.15, -0.1) is 0 Å². The van der Waals surface area contributed by atoms with Gasteiger partial charge in [0.1, 0.15) is 11.5 Å². The van der Waals surface area contributed by atoms with Crippen LogP contribution >= 0.6 is 11.8 Å². The predicted molar refractivity (Wildman–Crippen MR) is 111 cm³/mol. The van der Waals surface area contributed by atoms with Crippen molar-refractivity contribution in [2.45, 2.75) is 31.9 Å². The van der Waals surface area contributed by atoms with Gasteiger partial charge in [0, 0.05) is 17.0 Å². The number of nitrogens with zero attached hydrogens (tertiary/aromatic N) is 3. The summed E-state index contributed by atoms with van der Waals surface area (Å²) >= 11 is 1.48. The first-order valence-electron chi connectivity index (χ1n) is 9.63. The lowest BCUT2D eigenvalue weighted by atomic mass is 9.81. The third-order valence-corrected chi connectivity index (χ3v) is 6.48. The lowest BCUT2D eigenvalue weighted by Gasteiger charge is -2.36. The molecule has 0 radical (unpaired) electrons. The van der Waals surface area contributed by atoms with E-state index in [-0.39, 0.29) is 11.6 Å². The third kappa shape index (κ3) is 4.32. The Morgan fingerprint density at radius 3 is 2.87 bits per heavy atom. The van der Waals surface area contributed by atoms with Crippen molar-refractivity contribution in [1.82, 2.24) is 9.97 Å². The van der Waals surface area contributed by atoms with Crippen molar-refractivity contribution in [3.63, 3.8) is 0 Å². The first kappa shape index (κ1) is 21.4. The van der Waals surface area contributed by atoms with Gasteiger partial charge in [0.2, 0.25) is 5.88 Å². The van der Waals surface area contributed by atoms with Gasteiger partial charge in [-0.1, -0.05) is 18.7 Å². The number of carbonyl (C=O) groups is 1. The molecule has 2 aromatic rings. The van der Waals surface area contributed by atoms with Crippen molar-refractivity contribution in [1.29, 1.82) is 0 Å². The van der Waals surface area contributed by atoms with E-state index in [0.29, 0.717) is 28.8 Å². The van der Waals surface area contributed by atoms with E-state index < -0.39 is 29.8 Å². The number of aromatic nitrogens is 2. The Bertz CT molecular complexity index is 1020. The highest BCUT2D eigenvalue weighted by Gasteiger charge is 2.50. The largest absolute Gasteiger partial charge is 0.415 e. The van der Waals surface area contributed by atoms with E-state index in [2.05, 4.69) is 31.9 Å². The molecule has 2 heterocycles. The Morgan fingerprint density at radius 2 is 2.16 bits per heavy atom. The van der Waals surface area contributed by atoms with Crippen molar-refractivity contribution >= 4 is 28.5 Å². The molecule has 164 valence electrons. The summed E-state index contributed by atoms with van der Waals surface area (Å²) < 4.78 is 43.5. The number of aliphatic imine (C=N–C) groups is 1. The highest BCUT2D eigenvalue weighted by Crippen LogP contribution is 2.53. The van der Waals surface area contributed by atoms with E-state index in [4.69, 9.17) is 5.73 Å². The molecule has 1 aromatic heterocycles. The van der Waals surface area contributed by atoms with Crippen LogP contribution in [0.3, 0.4) is 0 Å². The molecular formula is C20H20F3N5O2S. The average molecular weight is 451 g/mol. The molecule has 1 aromatic carbocycles. The summed E-state index contributed by atoms with van der Waals surface area (Å²) in [5.74, 6) is -0.158. The minimum atomic E-state index is -3.04. The van der Waals surface area contributed by atoms with Gasteiger partial charge in [-0.05, 0) is 42.9 Å². The molecule has 7 nitrogen and oxygen atoms in total. The molecule has 11 heteroatoms. The average Bonchev–Trinajstić information content (AvgIpc) is 3.05. The fourth-order valence-corrected chi connectivity index (χ4v) is 5.34. The van der Waals surface area contributed by atoms with Gasteiger partial charge < -0.3 is 15.8 Å². The highest BCUT2D eigenvalue weighted by molar-refractivity contribution is 8.13. The van der Waals surface area contributed by atoms with Crippen LogP contribution in [-0.2, 0) is 5.54 Å². The number of nitrogens with one attached hydrogen (secondary N) is 1. The Labute approximate surface area is 180 Å². The van der Waals surface area contributed by atoms with Crippen LogP contribution in [0.15, 0.2) is 35.6 Å². The van der Waals surface area contributed by atoms with Gasteiger partial charge in [-0.25, -0.2) is 14.4 Å². The van der Waals surface area contributed by atoms with Crippen LogP contribution in [0, 0.1) is 17.7 Å². The predicted octanol–water partition coefficient (Wildman–Crippen LogP) is 3.77. The van der Waals surface area contributed by atoms with Crippen molar-refractivity contribution in [3.05, 3.63) is 47.7 Å². The molecule has 0 unspecified atom stereocenters. The smallest absolute Gasteiger partial charge is 0.388 e. The fourth-order valence-electron chi connectivity index (χ4n) is 4.33. The Balaban J connectivity index is 1.60. The standard InChI is InChI=1S/C20H20F3N5O2S/c1-10-4-11-9-31-19(24)28-20(11,6-10)13-5-12(2-3-14(13)21)27-17(29)15-7-26-16(8-25-15)30-18(22)23/h2-3,5,7-8,10-11,18H,4,6,9H2,1H3,(H2,24,28)(H,27,29)/t10-,11+,20+/m1/s1. The monoisotopic (exact) mass is 451 g/mol. The zero-order chi connectivity index (χ0) is 22.2. The molecule has 31 heavy (non-hydrogen) atoms. The van der Waals surface area contributed by atoms with E-state index >= 15 is 0 Å². The van der Waals surface area contributed by atoms with Crippen molar-refractivity contribution < 1.29 is 22.7 Å². The van der Waals surface area contributed by atoms with Crippen LogP contribution in [0.5, 0.6) is 5.88 Å². The van der Waals surface area contributed by atoms with Gasteiger partial charge in [-0.3, -0.25) is 9.79 Å². The van der Waals surface area contributed by atoms with E-state index in [0.717, 1.165) is 24.6 Å². The van der Waals surface area contributed by atoms with Crippen LogP contribution in [0.2, 0.25) is 0 Å². The van der Waals surface area contributed by atoms with Crippen LogP contribution in [0.1, 0.15) is 35.8 Å². The number of hydrogen-bond acceptors (Lipinski definition) is 7. The van der Waals surface area contributed by atoms with Gasteiger partial charge in [0.15, 0.2) is 5.17 Å². The first-order chi connectivity index (χ1) is 14.8. The Morgan fingerprint density at radius 1 is 1.35 bits per heavy atom. The van der Waals surface area contributed by atoms with E-state index in [1.54, 1.807) is 6.07 Å². The number of benzene rings is 1. The number of hydrogen-bond donors (Lipinski definition) is 2.